The van der Waals surface area contributed by atoms with Crippen molar-refractivity contribution in [3.63, 3.8) is 0 Å². The van der Waals surface area contributed by atoms with Crippen molar-refractivity contribution in [3.8, 4) is 0 Å². The molecule has 110 valence electrons. The quantitative estimate of drug-likeness (QED) is 0.681. The summed E-state index contributed by atoms with van der Waals surface area (Å²) in [7, 11) is 0. The van der Waals surface area contributed by atoms with Gasteiger partial charge in [0.1, 0.15) is 0 Å². The molecule has 1 rings (SSSR count). The molecule has 0 saturated heterocycles. The van der Waals surface area contributed by atoms with Crippen LogP contribution in [0.5, 0.6) is 0 Å². The van der Waals surface area contributed by atoms with Crippen LogP contribution in [0.2, 0.25) is 0 Å². The first-order valence-corrected chi connectivity index (χ1v) is 6.18. The Morgan fingerprint density at radius 1 is 0.850 bits per heavy atom. The summed E-state index contributed by atoms with van der Waals surface area (Å²) in [6.07, 6.45) is -2.26. The molecule has 1 aromatic rings. The maximum absolute atomic E-state index is 10.9. The summed E-state index contributed by atoms with van der Waals surface area (Å²) in [4.78, 5) is 21.8. The first kappa shape index (κ1) is 15.8. The van der Waals surface area contributed by atoms with E-state index in [-0.39, 0.29) is 0 Å². The molecule has 0 atom stereocenters. The van der Waals surface area contributed by atoms with Crippen molar-refractivity contribution in [1.29, 1.82) is 0 Å². The van der Waals surface area contributed by atoms with Crippen molar-refractivity contribution in [2.45, 2.75) is 38.8 Å². The van der Waals surface area contributed by atoms with Crippen LogP contribution in [0.1, 0.15) is 38.8 Å². The molecule has 20 heavy (non-hydrogen) atoms. The highest BCUT2D eigenvalue weighted by atomic mass is 16.4. The standard InChI is InChI=1S/C14H20N2O4/c1-13(2,15-11(17)18)9-7-5-6-8-10(9)14(3,4)16-12(19)20/h5-8,15-16H,1-4H3,(H,17,18)(H,19,20). The average Bonchev–Trinajstić information content (AvgIpc) is 2.25. The SMILES string of the molecule is CC(C)(NC(=O)O)c1ccccc1C(C)(C)NC(=O)O. The molecule has 0 bridgehead atoms. The summed E-state index contributed by atoms with van der Waals surface area (Å²) in [6, 6.07) is 7.16. The number of carbonyl (C=O) groups is 2. The Kier molecular flexibility index (Phi) is 4.27. The smallest absolute Gasteiger partial charge is 0.405 e. The summed E-state index contributed by atoms with van der Waals surface area (Å²) in [6.45, 7) is 6.93. The molecule has 0 radical (unpaired) electrons. The Labute approximate surface area is 117 Å². The van der Waals surface area contributed by atoms with Gasteiger partial charge in [-0.1, -0.05) is 24.3 Å². The number of benzene rings is 1. The first-order valence-electron chi connectivity index (χ1n) is 6.18. The van der Waals surface area contributed by atoms with Crippen LogP contribution in [0.4, 0.5) is 9.59 Å². The van der Waals surface area contributed by atoms with E-state index >= 15 is 0 Å². The van der Waals surface area contributed by atoms with Crippen molar-refractivity contribution in [2.75, 3.05) is 0 Å². The van der Waals surface area contributed by atoms with E-state index in [0.29, 0.717) is 0 Å². The van der Waals surface area contributed by atoms with Gasteiger partial charge in [0.05, 0.1) is 11.1 Å². The molecule has 0 unspecified atom stereocenters. The Morgan fingerprint density at radius 2 is 1.15 bits per heavy atom. The van der Waals surface area contributed by atoms with Gasteiger partial charge in [0.25, 0.3) is 0 Å². The first-order chi connectivity index (χ1) is 9.06. The molecule has 6 nitrogen and oxygen atoms in total. The van der Waals surface area contributed by atoms with E-state index in [2.05, 4.69) is 10.6 Å². The van der Waals surface area contributed by atoms with E-state index < -0.39 is 23.3 Å². The average molecular weight is 280 g/mol. The Bertz CT molecular complexity index is 477. The number of hydrogen-bond donors (Lipinski definition) is 4. The minimum atomic E-state index is -1.13. The minimum Gasteiger partial charge on any atom is -0.465 e. The van der Waals surface area contributed by atoms with Crippen LogP contribution in [0, 0.1) is 0 Å². The topological polar surface area (TPSA) is 98.7 Å². The van der Waals surface area contributed by atoms with Gasteiger partial charge in [-0.05, 0) is 38.8 Å². The normalized spacial score (nSPS) is 11.8. The molecule has 0 saturated carbocycles. The van der Waals surface area contributed by atoms with Crippen LogP contribution in [0.3, 0.4) is 0 Å². The molecule has 6 heteroatoms. The highest BCUT2D eigenvalue weighted by molar-refractivity contribution is 5.67. The zero-order valence-electron chi connectivity index (χ0n) is 12.0. The van der Waals surface area contributed by atoms with Crippen molar-refractivity contribution < 1.29 is 19.8 Å². The van der Waals surface area contributed by atoms with Crippen molar-refractivity contribution >= 4 is 12.2 Å². The molecule has 0 aliphatic heterocycles. The van der Waals surface area contributed by atoms with E-state index in [0.717, 1.165) is 11.1 Å². The van der Waals surface area contributed by atoms with Gasteiger partial charge in [-0.3, -0.25) is 0 Å². The molecule has 0 aliphatic rings. The van der Waals surface area contributed by atoms with Gasteiger partial charge in [0.15, 0.2) is 0 Å². The van der Waals surface area contributed by atoms with Gasteiger partial charge < -0.3 is 20.8 Å². The maximum Gasteiger partial charge on any atom is 0.405 e. The van der Waals surface area contributed by atoms with Gasteiger partial charge in [0.2, 0.25) is 0 Å². The second-order valence-corrected chi connectivity index (χ2v) is 5.66. The largest absolute Gasteiger partial charge is 0.465 e. The monoisotopic (exact) mass is 280 g/mol. The second-order valence-electron chi connectivity index (χ2n) is 5.66. The molecule has 4 N–H and O–H groups in total. The van der Waals surface area contributed by atoms with Crippen LogP contribution in [0.25, 0.3) is 0 Å². The van der Waals surface area contributed by atoms with Crippen molar-refractivity contribution in [1.82, 2.24) is 10.6 Å². The molecular formula is C14H20N2O4. The van der Waals surface area contributed by atoms with E-state index in [4.69, 9.17) is 10.2 Å². The lowest BCUT2D eigenvalue weighted by Gasteiger charge is -2.34. The van der Waals surface area contributed by atoms with Crippen LogP contribution < -0.4 is 10.6 Å². The molecular weight excluding hydrogens is 260 g/mol. The summed E-state index contributed by atoms with van der Waals surface area (Å²) in [5, 5.41) is 22.7. The third-order valence-corrected chi connectivity index (χ3v) is 3.11. The molecule has 0 heterocycles. The minimum absolute atomic E-state index is 0.723. The molecule has 0 aromatic heterocycles. The predicted octanol–water partition coefficient (Wildman–Crippen LogP) is 2.69. The van der Waals surface area contributed by atoms with Gasteiger partial charge in [-0.15, -0.1) is 0 Å². The predicted molar refractivity (Wildman–Crippen MR) is 74.8 cm³/mol. The highest BCUT2D eigenvalue weighted by Crippen LogP contribution is 2.31. The van der Waals surface area contributed by atoms with Crippen LogP contribution >= 0.6 is 0 Å². The Morgan fingerprint density at radius 3 is 1.40 bits per heavy atom. The van der Waals surface area contributed by atoms with Gasteiger partial charge in [-0.2, -0.15) is 0 Å². The number of amides is 2. The highest BCUT2D eigenvalue weighted by Gasteiger charge is 2.32. The fourth-order valence-corrected chi connectivity index (χ4v) is 2.24. The second kappa shape index (κ2) is 5.40. The fourth-order valence-electron chi connectivity index (χ4n) is 2.24. The van der Waals surface area contributed by atoms with E-state index in [9.17, 15) is 9.59 Å². The van der Waals surface area contributed by atoms with Crippen LogP contribution in [0.15, 0.2) is 24.3 Å². The van der Waals surface area contributed by atoms with Crippen molar-refractivity contribution in [3.05, 3.63) is 35.4 Å². The van der Waals surface area contributed by atoms with E-state index in [1.807, 2.05) is 0 Å². The number of nitrogens with one attached hydrogen (secondary N) is 2. The van der Waals surface area contributed by atoms with Crippen LogP contribution in [-0.4, -0.2) is 22.4 Å². The lowest BCUT2D eigenvalue weighted by molar-refractivity contribution is 0.177. The van der Waals surface area contributed by atoms with Gasteiger partial charge in [-0.25, -0.2) is 9.59 Å². The van der Waals surface area contributed by atoms with Crippen molar-refractivity contribution in [2.24, 2.45) is 0 Å². The van der Waals surface area contributed by atoms with E-state index in [1.165, 1.54) is 0 Å². The van der Waals surface area contributed by atoms with Gasteiger partial charge in [0, 0.05) is 0 Å². The molecule has 0 aliphatic carbocycles. The Balaban J connectivity index is 3.30. The summed E-state index contributed by atoms with van der Waals surface area (Å²) in [5.74, 6) is 0. The van der Waals surface area contributed by atoms with Gasteiger partial charge >= 0.3 is 12.2 Å². The molecule has 2 amide bonds. The van der Waals surface area contributed by atoms with Crippen LogP contribution in [-0.2, 0) is 11.1 Å². The molecule has 0 spiro atoms. The summed E-state index contributed by atoms with van der Waals surface area (Å²) < 4.78 is 0. The lowest BCUT2D eigenvalue weighted by Crippen LogP contribution is -2.45. The fraction of sp³-hybridized carbons (Fsp3) is 0.429. The number of rotatable bonds is 4. The summed E-state index contributed by atoms with van der Waals surface area (Å²) in [5.41, 5.74) is -0.220. The summed E-state index contributed by atoms with van der Waals surface area (Å²) >= 11 is 0. The maximum atomic E-state index is 10.9. The third-order valence-electron chi connectivity index (χ3n) is 3.11. The lowest BCUT2D eigenvalue weighted by atomic mass is 9.82. The number of hydrogen-bond acceptors (Lipinski definition) is 2. The molecule has 0 fully saturated rings. The zero-order chi connectivity index (χ0) is 15.6. The zero-order valence-corrected chi connectivity index (χ0v) is 12.0. The van der Waals surface area contributed by atoms with E-state index in [1.54, 1.807) is 52.0 Å². The molecule has 1 aromatic carbocycles. The third kappa shape index (κ3) is 3.63. The number of carboxylic acid groups (broad SMARTS) is 2. The Hall–Kier alpha value is -2.24.